The van der Waals surface area contributed by atoms with E-state index in [1.54, 1.807) is 6.92 Å². The molecule has 0 aromatic carbocycles. The van der Waals surface area contributed by atoms with E-state index in [0.29, 0.717) is 5.57 Å². The minimum atomic E-state index is -0.797. The van der Waals surface area contributed by atoms with E-state index in [1.807, 2.05) is 0 Å². The van der Waals surface area contributed by atoms with Gasteiger partial charge in [0.05, 0.1) is 0 Å². The van der Waals surface area contributed by atoms with Crippen molar-refractivity contribution in [3.63, 3.8) is 0 Å². The molecule has 0 saturated carbocycles. The average Bonchev–Trinajstić information content (AvgIpc) is 1.63. The Balaban J connectivity index is 3.65. The standard InChI is InChI=1S/C6H11NO2/c1-4(2)6(9)7-5(3)8/h5,8H,1H2,2-3H3,(H,7,9). The Morgan fingerprint density at radius 2 is 2.22 bits per heavy atom. The molecule has 52 valence electrons. The molecular weight excluding hydrogens is 118 g/mol. The lowest BCUT2D eigenvalue weighted by molar-refractivity contribution is -0.119. The summed E-state index contributed by atoms with van der Waals surface area (Å²) in [5, 5.41) is 10.9. The predicted octanol–water partition coefficient (Wildman–Crippen LogP) is 0.0170. The maximum absolute atomic E-state index is 10.6. The van der Waals surface area contributed by atoms with Crippen LogP contribution in [-0.2, 0) is 4.79 Å². The van der Waals surface area contributed by atoms with E-state index in [2.05, 4.69) is 11.9 Å². The highest BCUT2D eigenvalue weighted by Crippen LogP contribution is 1.85. The highest BCUT2D eigenvalue weighted by Gasteiger charge is 2.02. The third-order valence-electron chi connectivity index (χ3n) is 0.728. The molecule has 0 aromatic heterocycles. The maximum atomic E-state index is 10.6. The fourth-order valence-electron chi connectivity index (χ4n) is 0.313. The van der Waals surface area contributed by atoms with Crippen molar-refractivity contribution in [1.82, 2.24) is 5.32 Å². The van der Waals surface area contributed by atoms with Crippen LogP contribution >= 0.6 is 0 Å². The van der Waals surface area contributed by atoms with Crippen molar-refractivity contribution in [1.29, 1.82) is 0 Å². The highest BCUT2D eigenvalue weighted by atomic mass is 16.3. The molecule has 3 heteroatoms. The van der Waals surface area contributed by atoms with Gasteiger partial charge in [0.1, 0.15) is 6.23 Å². The molecule has 3 nitrogen and oxygen atoms in total. The Morgan fingerprint density at radius 1 is 1.78 bits per heavy atom. The highest BCUT2D eigenvalue weighted by molar-refractivity contribution is 5.92. The Hall–Kier alpha value is -0.830. The number of hydrogen-bond acceptors (Lipinski definition) is 2. The van der Waals surface area contributed by atoms with Crippen LogP contribution in [0.2, 0.25) is 0 Å². The van der Waals surface area contributed by atoms with Gasteiger partial charge in [-0.3, -0.25) is 4.79 Å². The Bertz CT molecular complexity index is 129. The smallest absolute Gasteiger partial charge is 0.248 e. The number of carbonyl (C=O) groups is 1. The van der Waals surface area contributed by atoms with E-state index in [-0.39, 0.29) is 5.91 Å². The number of carbonyl (C=O) groups excluding carboxylic acids is 1. The van der Waals surface area contributed by atoms with Gasteiger partial charge in [-0.15, -0.1) is 0 Å². The molecule has 0 spiro atoms. The summed E-state index contributed by atoms with van der Waals surface area (Å²) >= 11 is 0. The molecule has 0 saturated heterocycles. The van der Waals surface area contributed by atoms with Gasteiger partial charge in [0.2, 0.25) is 5.91 Å². The number of hydrogen-bond donors (Lipinski definition) is 2. The quantitative estimate of drug-likeness (QED) is 0.408. The second-order valence-electron chi connectivity index (χ2n) is 1.93. The van der Waals surface area contributed by atoms with Crippen LogP contribution in [0.25, 0.3) is 0 Å². The van der Waals surface area contributed by atoms with Crippen molar-refractivity contribution in [2.24, 2.45) is 0 Å². The van der Waals surface area contributed by atoms with Gasteiger partial charge in [-0.2, -0.15) is 0 Å². The number of aliphatic hydroxyl groups excluding tert-OH is 1. The van der Waals surface area contributed by atoms with Crippen molar-refractivity contribution >= 4 is 5.91 Å². The Morgan fingerprint density at radius 3 is 2.33 bits per heavy atom. The van der Waals surface area contributed by atoms with Gasteiger partial charge in [0.25, 0.3) is 0 Å². The van der Waals surface area contributed by atoms with Crippen LogP contribution in [0.4, 0.5) is 0 Å². The zero-order chi connectivity index (χ0) is 7.44. The first-order valence-electron chi connectivity index (χ1n) is 2.68. The monoisotopic (exact) mass is 129 g/mol. The Kier molecular flexibility index (Phi) is 2.95. The summed E-state index contributed by atoms with van der Waals surface area (Å²) in [4.78, 5) is 10.6. The fraction of sp³-hybridized carbons (Fsp3) is 0.500. The van der Waals surface area contributed by atoms with Crippen LogP contribution < -0.4 is 5.32 Å². The molecular formula is C6H11NO2. The summed E-state index contributed by atoms with van der Waals surface area (Å²) in [6, 6.07) is 0. The molecule has 9 heavy (non-hydrogen) atoms. The summed E-state index contributed by atoms with van der Waals surface area (Å²) in [6.07, 6.45) is -0.797. The number of rotatable bonds is 2. The Labute approximate surface area is 54.4 Å². The summed E-state index contributed by atoms with van der Waals surface area (Å²) in [6.45, 7) is 6.44. The molecule has 0 aliphatic heterocycles. The van der Waals surface area contributed by atoms with Gasteiger partial charge < -0.3 is 10.4 Å². The summed E-state index contributed by atoms with van der Waals surface area (Å²) < 4.78 is 0. The number of nitrogens with one attached hydrogen (secondary N) is 1. The third kappa shape index (κ3) is 3.73. The van der Waals surface area contributed by atoms with E-state index in [0.717, 1.165) is 0 Å². The largest absolute Gasteiger partial charge is 0.374 e. The molecule has 1 unspecified atom stereocenters. The molecule has 0 fully saturated rings. The average molecular weight is 129 g/mol. The molecule has 0 radical (unpaired) electrons. The van der Waals surface area contributed by atoms with Gasteiger partial charge in [-0.1, -0.05) is 6.58 Å². The van der Waals surface area contributed by atoms with E-state index in [9.17, 15) is 4.79 Å². The van der Waals surface area contributed by atoms with Crippen LogP contribution in [0.3, 0.4) is 0 Å². The molecule has 0 aliphatic carbocycles. The van der Waals surface area contributed by atoms with Gasteiger partial charge in [0, 0.05) is 5.57 Å². The summed E-state index contributed by atoms with van der Waals surface area (Å²) in [7, 11) is 0. The first kappa shape index (κ1) is 8.17. The molecule has 0 heterocycles. The normalized spacial score (nSPS) is 12.3. The van der Waals surface area contributed by atoms with E-state index < -0.39 is 6.23 Å². The molecule has 0 bridgehead atoms. The lowest BCUT2D eigenvalue weighted by Gasteiger charge is -2.05. The fourth-order valence-corrected chi connectivity index (χ4v) is 0.313. The van der Waals surface area contributed by atoms with Crippen LogP contribution in [0.1, 0.15) is 13.8 Å². The minimum absolute atomic E-state index is 0.315. The molecule has 0 rings (SSSR count). The molecule has 1 atom stereocenters. The van der Waals surface area contributed by atoms with Gasteiger partial charge in [-0.05, 0) is 13.8 Å². The van der Waals surface area contributed by atoms with Crippen molar-refractivity contribution in [2.75, 3.05) is 0 Å². The third-order valence-corrected chi connectivity index (χ3v) is 0.728. The topological polar surface area (TPSA) is 49.3 Å². The first-order valence-corrected chi connectivity index (χ1v) is 2.68. The summed E-state index contributed by atoms with van der Waals surface area (Å²) in [5.74, 6) is -0.315. The SMILES string of the molecule is C=C(C)C(=O)NC(C)O. The molecule has 1 amide bonds. The van der Waals surface area contributed by atoms with Gasteiger partial charge in [0.15, 0.2) is 0 Å². The molecule has 2 N–H and O–H groups in total. The van der Waals surface area contributed by atoms with Crippen LogP contribution in [0, 0.1) is 0 Å². The van der Waals surface area contributed by atoms with Crippen LogP contribution in [0.15, 0.2) is 12.2 Å². The van der Waals surface area contributed by atoms with Crippen molar-refractivity contribution in [2.45, 2.75) is 20.1 Å². The second kappa shape index (κ2) is 3.25. The van der Waals surface area contributed by atoms with Gasteiger partial charge in [-0.25, -0.2) is 0 Å². The van der Waals surface area contributed by atoms with Crippen molar-refractivity contribution < 1.29 is 9.90 Å². The maximum Gasteiger partial charge on any atom is 0.248 e. The van der Waals surface area contributed by atoms with E-state index >= 15 is 0 Å². The second-order valence-corrected chi connectivity index (χ2v) is 1.93. The minimum Gasteiger partial charge on any atom is -0.374 e. The number of aliphatic hydroxyl groups is 1. The lowest BCUT2D eigenvalue weighted by Crippen LogP contribution is -2.32. The zero-order valence-electron chi connectivity index (χ0n) is 5.64. The number of amides is 1. The van der Waals surface area contributed by atoms with E-state index in [4.69, 9.17) is 5.11 Å². The summed E-state index contributed by atoms with van der Waals surface area (Å²) in [5.41, 5.74) is 0.399. The first-order chi connectivity index (χ1) is 4.04. The van der Waals surface area contributed by atoms with Crippen LogP contribution in [-0.4, -0.2) is 17.2 Å². The van der Waals surface area contributed by atoms with Crippen LogP contribution in [0.5, 0.6) is 0 Å². The van der Waals surface area contributed by atoms with Crippen molar-refractivity contribution in [3.05, 3.63) is 12.2 Å². The zero-order valence-corrected chi connectivity index (χ0v) is 5.64. The molecule has 0 aromatic rings. The lowest BCUT2D eigenvalue weighted by atomic mass is 10.3. The van der Waals surface area contributed by atoms with Gasteiger partial charge >= 0.3 is 0 Å². The van der Waals surface area contributed by atoms with Crippen molar-refractivity contribution in [3.8, 4) is 0 Å². The molecule has 0 aliphatic rings. The van der Waals surface area contributed by atoms with E-state index in [1.165, 1.54) is 6.92 Å². The predicted molar refractivity (Wildman–Crippen MR) is 34.6 cm³/mol.